The van der Waals surface area contributed by atoms with Gasteiger partial charge in [0.15, 0.2) is 5.65 Å². The molecule has 154 valence electrons. The van der Waals surface area contributed by atoms with E-state index in [1.165, 1.54) is 12.5 Å². The number of fused-ring (bicyclic) bond motifs is 1. The van der Waals surface area contributed by atoms with Crippen LogP contribution in [0.4, 0.5) is 5.95 Å². The molecule has 0 amide bonds. The van der Waals surface area contributed by atoms with Crippen LogP contribution in [-0.4, -0.2) is 75.6 Å². The second-order valence-corrected chi connectivity index (χ2v) is 7.28. The topological polar surface area (TPSA) is 112 Å². The zero-order chi connectivity index (χ0) is 20.2. The summed E-state index contributed by atoms with van der Waals surface area (Å²) in [7, 11) is 2.14. The first-order valence-electron chi connectivity index (χ1n) is 9.77. The summed E-state index contributed by atoms with van der Waals surface area (Å²) in [5.74, 6) is 0.922. The highest BCUT2D eigenvalue weighted by Gasteiger charge is 2.14. The predicted octanol–water partition coefficient (Wildman–Crippen LogP) is 0.171. The third kappa shape index (κ3) is 4.54. The standard InChI is InChI=1S/C19H25N7O3/c1-24-7-9-25(10-8-24)6-3-5-20-18-21-12-15-16(22-18)23-19(28)26(17(15)27)13-14-4-2-11-29-14/h2,4,11-12H,3,5-10,13H2,1H3,(H2,20,21,22,23,28). The van der Waals surface area contributed by atoms with E-state index >= 15 is 0 Å². The number of piperazine rings is 1. The summed E-state index contributed by atoms with van der Waals surface area (Å²) in [6, 6.07) is 3.42. The monoisotopic (exact) mass is 399 g/mol. The fourth-order valence-electron chi connectivity index (χ4n) is 3.40. The van der Waals surface area contributed by atoms with Gasteiger partial charge >= 0.3 is 5.69 Å². The zero-order valence-corrected chi connectivity index (χ0v) is 16.4. The van der Waals surface area contributed by atoms with Gasteiger partial charge in [0.1, 0.15) is 11.1 Å². The number of nitrogens with zero attached hydrogens (tertiary/aromatic N) is 5. The number of furan rings is 1. The molecule has 1 aliphatic rings. The lowest BCUT2D eigenvalue weighted by atomic mass is 10.3. The van der Waals surface area contributed by atoms with Gasteiger partial charge in [0.25, 0.3) is 5.56 Å². The van der Waals surface area contributed by atoms with Gasteiger partial charge in [-0.1, -0.05) is 0 Å². The van der Waals surface area contributed by atoms with Crippen LogP contribution in [0.5, 0.6) is 0 Å². The first-order valence-corrected chi connectivity index (χ1v) is 9.77. The molecule has 1 saturated heterocycles. The Morgan fingerprint density at radius 1 is 1.24 bits per heavy atom. The summed E-state index contributed by atoms with van der Waals surface area (Å²) in [5.41, 5.74) is -0.743. The van der Waals surface area contributed by atoms with Gasteiger partial charge in [-0.15, -0.1) is 0 Å². The summed E-state index contributed by atoms with van der Waals surface area (Å²) in [6.45, 7) is 6.19. The van der Waals surface area contributed by atoms with Crippen molar-refractivity contribution in [1.29, 1.82) is 0 Å². The number of aromatic nitrogens is 4. The molecule has 0 atom stereocenters. The predicted molar refractivity (Wildman–Crippen MR) is 109 cm³/mol. The molecule has 3 aromatic rings. The molecule has 0 unspecified atom stereocenters. The first-order chi connectivity index (χ1) is 14.1. The molecule has 4 heterocycles. The van der Waals surface area contributed by atoms with Crippen molar-refractivity contribution in [2.75, 3.05) is 51.6 Å². The molecule has 0 spiro atoms. The van der Waals surface area contributed by atoms with E-state index in [9.17, 15) is 9.59 Å². The number of likely N-dealkylation sites (N-methyl/N-ethyl adjacent to an activating group) is 1. The Bertz CT molecular complexity index is 1070. The van der Waals surface area contributed by atoms with Crippen molar-refractivity contribution in [3.05, 3.63) is 51.2 Å². The molecule has 29 heavy (non-hydrogen) atoms. The van der Waals surface area contributed by atoms with Crippen LogP contribution in [0.2, 0.25) is 0 Å². The lowest BCUT2D eigenvalue weighted by Gasteiger charge is -2.32. The summed E-state index contributed by atoms with van der Waals surface area (Å²) in [6.07, 6.45) is 3.91. The third-order valence-electron chi connectivity index (χ3n) is 5.16. The van der Waals surface area contributed by atoms with E-state index in [2.05, 4.69) is 37.1 Å². The molecule has 1 fully saturated rings. The number of hydrogen-bond acceptors (Lipinski definition) is 8. The summed E-state index contributed by atoms with van der Waals surface area (Å²) in [5, 5.41) is 3.43. The molecular weight excluding hydrogens is 374 g/mol. The second kappa shape index (κ2) is 8.58. The van der Waals surface area contributed by atoms with Gasteiger partial charge < -0.3 is 19.5 Å². The summed E-state index contributed by atoms with van der Waals surface area (Å²) in [4.78, 5) is 40.9. The third-order valence-corrected chi connectivity index (χ3v) is 5.16. The Hall–Kier alpha value is -2.98. The van der Waals surface area contributed by atoms with Crippen LogP contribution >= 0.6 is 0 Å². The van der Waals surface area contributed by atoms with Crippen LogP contribution in [0, 0.1) is 0 Å². The van der Waals surface area contributed by atoms with Crippen LogP contribution in [0.25, 0.3) is 11.0 Å². The Balaban J connectivity index is 1.40. The first kappa shape index (κ1) is 19.3. The molecule has 2 N–H and O–H groups in total. The van der Waals surface area contributed by atoms with Crippen LogP contribution in [-0.2, 0) is 6.54 Å². The second-order valence-electron chi connectivity index (χ2n) is 7.28. The van der Waals surface area contributed by atoms with Crippen molar-refractivity contribution < 1.29 is 4.42 Å². The van der Waals surface area contributed by atoms with Crippen molar-refractivity contribution in [3.8, 4) is 0 Å². The van der Waals surface area contributed by atoms with Gasteiger partial charge in [0, 0.05) is 38.9 Å². The number of rotatable bonds is 7. The van der Waals surface area contributed by atoms with E-state index in [4.69, 9.17) is 4.42 Å². The smallest absolute Gasteiger partial charge is 0.330 e. The van der Waals surface area contributed by atoms with E-state index in [0.29, 0.717) is 11.7 Å². The van der Waals surface area contributed by atoms with Crippen LogP contribution in [0.15, 0.2) is 38.6 Å². The van der Waals surface area contributed by atoms with Gasteiger partial charge in [0.05, 0.1) is 12.8 Å². The number of nitrogens with one attached hydrogen (secondary N) is 2. The number of hydrogen-bond donors (Lipinski definition) is 2. The van der Waals surface area contributed by atoms with Gasteiger partial charge in [-0.25, -0.2) is 9.78 Å². The molecular formula is C19H25N7O3. The molecule has 10 heteroatoms. The number of H-pyrrole nitrogens is 1. The van der Waals surface area contributed by atoms with Crippen LogP contribution < -0.4 is 16.6 Å². The van der Waals surface area contributed by atoms with Crippen molar-refractivity contribution >= 4 is 17.0 Å². The molecule has 0 bridgehead atoms. The minimum Gasteiger partial charge on any atom is -0.467 e. The lowest BCUT2D eigenvalue weighted by Crippen LogP contribution is -2.44. The molecule has 3 aromatic heterocycles. The maximum absolute atomic E-state index is 12.6. The highest BCUT2D eigenvalue weighted by Crippen LogP contribution is 2.07. The fourth-order valence-corrected chi connectivity index (χ4v) is 3.40. The molecule has 0 aliphatic carbocycles. The van der Waals surface area contributed by atoms with Gasteiger partial charge in [0.2, 0.25) is 5.95 Å². The summed E-state index contributed by atoms with van der Waals surface area (Å²) < 4.78 is 6.30. The van der Waals surface area contributed by atoms with Gasteiger partial charge in [-0.05, 0) is 32.1 Å². The van der Waals surface area contributed by atoms with Crippen LogP contribution in [0.3, 0.4) is 0 Å². The average molecular weight is 399 g/mol. The largest absolute Gasteiger partial charge is 0.467 e. The fraction of sp³-hybridized carbons (Fsp3) is 0.474. The van der Waals surface area contributed by atoms with Crippen molar-refractivity contribution in [1.82, 2.24) is 29.3 Å². The Morgan fingerprint density at radius 3 is 2.83 bits per heavy atom. The maximum Gasteiger partial charge on any atom is 0.330 e. The highest BCUT2D eigenvalue weighted by atomic mass is 16.3. The van der Waals surface area contributed by atoms with E-state index in [1.807, 2.05) is 0 Å². The highest BCUT2D eigenvalue weighted by molar-refractivity contribution is 5.73. The normalized spacial score (nSPS) is 15.8. The van der Waals surface area contributed by atoms with E-state index < -0.39 is 11.2 Å². The Labute approximate surface area is 167 Å². The van der Waals surface area contributed by atoms with E-state index in [0.717, 1.165) is 50.3 Å². The SMILES string of the molecule is CN1CCN(CCCNc2ncc3c(=O)n(Cc4ccco4)c(=O)[nH]c3n2)CC1. The maximum atomic E-state index is 12.6. The van der Waals surface area contributed by atoms with Crippen LogP contribution in [0.1, 0.15) is 12.2 Å². The molecule has 1 aliphatic heterocycles. The lowest BCUT2D eigenvalue weighted by molar-refractivity contribution is 0.154. The molecule has 4 rings (SSSR count). The quantitative estimate of drug-likeness (QED) is 0.541. The van der Waals surface area contributed by atoms with E-state index in [1.54, 1.807) is 12.1 Å². The van der Waals surface area contributed by atoms with Gasteiger partial charge in [-0.2, -0.15) is 4.98 Å². The van der Waals surface area contributed by atoms with E-state index in [-0.39, 0.29) is 17.6 Å². The Kier molecular flexibility index (Phi) is 5.72. The molecule has 0 radical (unpaired) electrons. The Morgan fingerprint density at radius 2 is 2.07 bits per heavy atom. The molecule has 0 saturated carbocycles. The minimum atomic E-state index is -0.529. The minimum absolute atomic E-state index is 0.0589. The average Bonchev–Trinajstić information content (AvgIpc) is 3.23. The van der Waals surface area contributed by atoms with Crippen molar-refractivity contribution in [2.45, 2.75) is 13.0 Å². The molecule has 10 nitrogen and oxygen atoms in total. The molecule has 0 aromatic carbocycles. The van der Waals surface area contributed by atoms with Gasteiger partial charge in [-0.3, -0.25) is 14.3 Å². The summed E-state index contributed by atoms with van der Waals surface area (Å²) >= 11 is 0. The zero-order valence-electron chi connectivity index (χ0n) is 16.4. The van der Waals surface area contributed by atoms with Crippen molar-refractivity contribution in [2.24, 2.45) is 0 Å². The number of anilines is 1. The van der Waals surface area contributed by atoms with Crippen molar-refractivity contribution in [3.63, 3.8) is 0 Å². The number of aromatic amines is 1.